The van der Waals surface area contributed by atoms with Gasteiger partial charge in [0.15, 0.2) is 0 Å². The summed E-state index contributed by atoms with van der Waals surface area (Å²) in [6.45, 7) is 6.35. The van der Waals surface area contributed by atoms with Crippen molar-refractivity contribution in [3.05, 3.63) is 0 Å². The van der Waals surface area contributed by atoms with Crippen molar-refractivity contribution in [2.24, 2.45) is 0 Å². The fourth-order valence-corrected chi connectivity index (χ4v) is 2.51. The van der Waals surface area contributed by atoms with E-state index in [1.807, 2.05) is 23.6 Å². The number of hydrogen-bond acceptors (Lipinski definition) is 2. The summed E-state index contributed by atoms with van der Waals surface area (Å²) in [4.78, 5) is 27.2. The largest absolute Gasteiger partial charge is 0.338 e. The molecule has 17 heavy (non-hydrogen) atoms. The molecule has 2 aliphatic heterocycles. The molecule has 2 fully saturated rings. The van der Waals surface area contributed by atoms with Gasteiger partial charge < -0.3 is 15.1 Å². The van der Waals surface area contributed by atoms with Crippen LogP contribution in [0.1, 0.15) is 33.1 Å². The lowest BCUT2D eigenvalue weighted by Gasteiger charge is -2.22. The Hall–Kier alpha value is -1.26. The number of nitrogens with one attached hydrogen (secondary N) is 1. The number of hydrogen-bond donors (Lipinski definition) is 1. The molecule has 96 valence electrons. The first-order valence-electron chi connectivity index (χ1n) is 6.43. The summed E-state index contributed by atoms with van der Waals surface area (Å²) < 4.78 is 0. The molecule has 2 aliphatic rings. The molecule has 0 radical (unpaired) electrons. The Balaban J connectivity index is 1.84. The average molecular weight is 239 g/mol. The number of rotatable bonds is 2. The summed E-state index contributed by atoms with van der Waals surface area (Å²) >= 11 is 0. The van der Waals surface area contributed by atoms with Crippen LogP contribution >= 0.6 is 0 Å². The quantitative estimate of drug-likeness (QED) is 0.775. The molecule has 5 heteroatoms. The van der Waals surface area contributed by atoms with E-state index >= 15 is 0 Å². The molecule has 1 N–H and O–H groups in total. The first-order chi connectivity index (χ1) is 8.08. The van der Waals surface area contributed by atoms with Crippen LogP contribution in [-0.4, -0.2) is 53.5 Å². The monoisotopic (exact) mass is 239 g/mol. The van der Waals surface area contributed by atoms with Gasteiger partial charge in [-0.1, -0.05) is 0 Å². The van der Waals surface area contributed by atoms with Gasteiger partial charge in [-0.25, -0.2) is 4.79 Å². The number of amides is 3. The van der Waals surface area contributed by atoms with E-state index in [-0.39, 0.29) is 24.0 Å². The van der Waals surface area contributed by atoms with Crippen LogP contribution < -0.4 is 5.32 Å². The summed E-state index contributed by atoms with van der Waals surface area (Å²) in [5.74, 6) is 0.145. The third-order valence-electron chi connectivity index (χ3n) is 3.50. The zero-order valence-corrected chi connectivity index (χ0v) is 10.6. The van der Waals surface area contributed by atoms with Crippen LogP contribution in [0.15, 0.2) is 0 Å². The lowest BCUT2D eigenvalue weighted by Crippen LogP contribution is -2.45. The lowest BCUT2D eigenvalue weighted by atomic mass is 10.2. The van der Waals surface area contributed by atoms with E-state index in [9.17, 15) is 9.59 Å². The Bertz CT molecular complexity index is 311. The highest BCUT2D eigenvalue weighted by atomic mass is 16.2. The van der Waals surface area contributed by atoms with E-state index in [0.717, 1.165) is 25.9 Å². The standard InChI is InChI=1S/C12H21N3O2/c1-9(2)15-8-10(7-11(15)16)13-12(17)14-5-3-4-6-14/h9-10H,3-8H2,1-2H3,(H,13,17). The zero-order valence-electron chi connectivity index (χ0n) is 10.6. The maximum absolute atomic E-state index is 11.9. The average Bonchev–Trinajstić information content (AvgIpc) is 2.86. The summed E-state index contributed by atoms with van der Waals surface area (Å²) in [5, 5.41) is 2.96. The molecule has 5 nitrogen and oxygen atoms in total. The van der Waals surface area contributed by atoms with Crippen molar-refractivity contribution in [2.75, 3.05) is 19.6 Å². The molecule has 0 spiro atoms. The number of carbonyl (C=O) groups excluding carboxylic acids is 2. The first-order valence-corrected chi connectivity index (χ1v) is 6.43. The van der Waals surface area contributed by atoms with Crippen LogP contribution in [0.5, 0.6) is 0 Å². The maximum atomic E-state index is 11.9. The predicted octanol–water partition coefficient (Wildman–Crippen LogP) is 0.801. The molecule has 1 unspecified atom stereocenters. The summed E-state index contributed by atoms with van der Waals surface area (Å²) in [5.41, 5.74) is 0. The van der Waals surface area contributed by atoms with E-state index in [1.165, 1.54) is 0 Å². The van der Waals surface area contributed by atoms with Gasteiger partial charge in [0, 0.05) is 32.1 Å². The Kier molecular flexibility index (Phi) is 3.54. The molecule has 2 saturated heterocycles. The van der Waals surface area contributed by atoms with Gasteiger partial charge in [0.25, 0.3) is 0 Å². The Morgan fingerprint density at radius 2 is 2.00 bits per heavy atom. The second-order valence-corrected chi connectivity index (χ2v) is 5.18. The molecule has 1 atom stereocenters. The fourth-order valence-electron chi connectivity index (χ4n) is 2.51. The predicted molar refractivity (Wildman–Crippen MR) is 64.6 cm³/mol. The van der Waals surface area contributed by atoms with E-state index in [1.54, 1.807) is 0 Å². The van der Waals surface area contributed by atoms with Crippen LogP contribution in [-0.2, 0) is 4.79 Å². The number of likely N-dealkylation sites (tertiary alicyclic amines) is 2. The van der Waals surface area contributed by atoms with Crippen molar-refractivity contribution >= 4 is 11.9 Å². The van der Waals surface area contributed by atoms with Crippen molar-refractivity contribution in [1.29, 1.82) is 0 Å². The minimum absolute atomic E-state index is 0.00842. The minimum atomic E-state index is -0.0157. The van der Waals surface area contributed by atoms with Gasteiger partial charge in [-0.05, 0) is 26.7 Å². The highest BCUT2D eigenvalue weighted by Gasteiger charge is 2.33. The first kappa shape index (κ1) is 12.2. The van der Waals surface area contributed by atoms with E-state index in [4.69, 9.17) is 0 Å². The molecule has 2 rings (SSSR count). The van der Waals surface area contributed by atoms with Crippen LogP contribution in [0, 0.1) is 0 Å². The van der Waals surface area contributed by atoms with Gasteiger partial charge in [-0.15, -0.1) is 0 Å². The Morgan fingerprint density at radius 3 is 2.53 bits per heavy atom. The lowest BCUT2D eigenvalue weighted by molar-refractivity contribution is -0.129. The molecule has 0 bridgehead atoms. The molecule has 2 heterocycles. The van der Waals surface area contributed by atoms with Crippen LogP contribution in [0.3, 0.4) is 0 Å². The molecule has 0 aliphatic carbocycles. The van der Waals surface area contributed by atoms with Crippen molar-refractivity contribution in [3.63, 3.8) is 0 Å². The van der Waals surface area contributed by atoms with E-state index < -0.39 is 0 Å². The molecular formula is C12H21N3O2. The SMILES string of the molecule is CC(C)N1CC(NC(=O)N2CCCC2)CC1=O. The molecule has 0 aromatic heterocycles. The van der Waals surface area contributed by atoms with Crippen molar-refractivity contribution in [3.8, 4) is 0 Å². The molecule has 0 saturated carbocycles. The van der Waals surface area contributed by atoms with Gasteiger partial charge in [-0.3, -0.25) is 4.79 Å². The summed E-state index contributed by atoms with van der Waals surface area (Å²) in [6.07, 6.45) is 2.63. The third kappa shape index (κ3) is 2.70. The topological polar surface area (TPSA) is 52.7 Å². The zero-order chi connectivity index (χ0) is 12.4. The maximum Gasteiger partial charge on any atom is 0.317 e. The van der Waals surface area contributed by atoms with Crippen LogP contribution in [0.4, 0.5) is 4.79 Å². The second kappa shape index (κ2) is 4.94. The van der Waals surface area contributed by atoms with Crippen LogP contribution in [0.2, 0.25) is 0 Å². The highest BCUT2D eigenvalue weighted by Crippen LogP contribution is 2.15. The molecule has 0 aromatic rings. The van der Waals surface area contributed by atoms with Gasteiger partial charge >= 0.3 is 6.03 Å². The number of urea groups is 1. The summed E-state index contributed by atoms with van der Waals surface area (Å²) in [7, 11) is 0. The third-order valence-corrected chi connectivity index (χ3v) is 3.50. The minimum Gasteiger partial charge on any atom is -0.338 e. The smallest absolute Gasteiger partial charge is 0.317 e. The normalized spacial score (nSPS) is 24.9. The van der Waals surface area contributed by atoms with Crippen molar-refractivity contribution < 1.29 is 9.59 Å². The molecular weight excluding hydrogens is 218 g/mol. The number of carbonyl (C=O) groups is 2. The van der Waals surface area contributed by atoms with Gasteiger partial charge in [0.2, 0.25) is 5.91 Å². The summed E-state index contributed by atoms with van der Waals surface area (Å²) in [6, 6.07) is 0.195. The van der Waals surface area contributed by atoms with Gasteiger partial charge in [-0.2, -0.15) is 0 Å². The van der Waals surface area contributed by atoms with Crippen LogP contribution in [0.25, 0.3) is 0 Å². The van der Waals surface area contributed by atoms with Gasteiger partial charge in [0.1, 0.15) is 0 Å². The molecule has 0 aromatic carbocycles. The van der Waals surface area contributed by atoms with Crippen molar-refractivity contribution in [1.82, 2.24) is 15.1 Å². The number of nitrogens with zero attached hydrogens (tertiary/aromatic N) is 2. The molecule has 3 amide bonds. The van der Waals surface area contributed by atoms with E-state index in [2.05, 4.69) is 5.32 Å². The Labute approximate surface area is 102 Å². The Morgan fingerprint density at radius 1 is 1.35 bits per heavy atom. The second-order valence-electron chi connectivity index (χ2n) is 5.18. The van der Waals surface area contributed by atoms with E-state index in [0.29, 0.717) is 13.0 Å². The highest BCUT2D eigenvalue weighted by molar-refractivity contribution is 5.82. The van der Waals surface area contributed by atoms with Crippen molar-refractivity contribution in [2.45, 2.75) is 45.2 Å². The van der Waals surface area contributed by atoms with Gasteiger partial charge in [0.05, 0.1) is 6.04 Å². The fraction of sp³-hybridized carbons (Fsp3) is 0.833.